The third-order valence-corrected chi connectivity index (χ3v) is 4.37. The maximum atomic E-state index is 12.9. The van der Waals surface area contributed by atoms with E-state index in [1.165, 1.54) is 12.1 Å². The molecular formula is C19H21FN4O2. The van der Waals surface area contributed by atoms with Crippen LogP contribution in [0.5, 0.6) is 0 Å². The Hall–Kier alpha value is -2.96. The Morgan fingerprint density at radius 3 is 2.88 bits per heavy atom. The minimum Gasteiger partial charge on any atom is -0.351 e. The number of hydrogen-bond donors (Lipinski definition) is 2. The van der Waals surface area contributed by atoms with Crippen molar-refractivity contribution in [3.8, 4) is 0 Å². The molecule has 26 heavy (non-hydrogen) atoms. The van der Waals surface area contributed by atoms with E-state index in [4.69, 9.17) is 0 Å². The van der Waals surface area contributed by atoms with Crippen molar-refractivity contribution < 1.29 is 14.0 Å². The minimum absolute atomic E-state index is 0.0419. The summed E-state index contributed by atoms with van der Waals surface area (Å²) >= 11 is 0. The second-order valence-corrected chi connectivity index (χ2v) is 6.31. The van der Waals surface area contributed by atoms with Crippen LogP contribution in [0.3, 0.4) is 0 Å². The molecule has 2 heterocycles. The summed E-state index contributed by atoms with van der Waals surface area (Å²) in [5.74, 6) is 0.244. The molecule has 0 radical (unpaired) electrons. The number of halogens is 1. The van der Waals surface area contributed by atoms with Gasteiger partial charge in [-0.2, -0.15) is 0 Å². The maximum Gasteiger partial charge on any atom is 0.224 e. The summed E-state index contributed by atoms with van der Waals surface area (Å²) in [4.78, 5) is 28.3. The molecule has 0 unspecified atom stereocenters. The molecule has 6 nitrogen and oxygen atoms in total. The van der Waals surface area contributed by atoms with Crippen LogP contribution >= 0.6 is 0 Å². The van der Waals surface area contributed by atoms with Crippen LogP contribution in [0, 0.1) is 5.82 Å². The highest BCUT2D eigenvalue weighted by atomic mass is 19.1. The largest absolute Gasteiger partial charge is 0.351 e. The highest BCUT2D eigenvalue weighted by Crippen LogP contribution is 2.22. The summed E-state index contributed by atoms with van der Waals surface area (Å²) in [6, 6.07) is 5.50. The summed E-state index contributed by atoms with van der Waals surface area (Å²) in [5.41, 5.74) is 0.829. The van der Waals surface area contributed by atoms with Gasteiger partial charge in [0.1, 0.15) is 17.7 Å². The van der Waals surface area contributed by atoms with E-state index in [0.29, 0.717) is 18.7 Å². The van der Waals surface area contributed by atoms with Crippen LogP contribution in [0.2, 0.25) is 0 Å². The predicted octanol–water partition coefficient (Wildman–Crippen LogP) is 2.10. The highest BCUT2D eigenvalue weighted by Gasteiger charge is 2.33. The number of aromatic nitrogens is 2. The molecule has 1 aromatic carbocycles. The fourth-order valence-electron chi connectivity index (χ4n) is 3.02. The van der Waals surface area contributed by atoms with Crippen molar-refractivity contribution in [2.24, 2.45) is 7.05 Å². The van der Waals surface area contributed by atoms with Gasteiger partial charge in [-0.1, -0.05) is 24.3 Å². The van der Waals surface area contributed by atoms with Crippen molar-refractivity contribution in [2.75, 3.05) is 0 Å². The molecule has 136 valence electrons. The maximum absolute atomic E-state index is 12.9. The van der Waals surface area contributed by atoms with Gasteiger partial charge in [-0.15, -0.1) is 0 Å². The van der Waals surface area contributed by atoms with Crippen LogP contribution in [0.1, 0.15) is 36.7 Å². The molecule has 7 heteroatoms. The summed E-state index contributed by atoms with van der Waals surface area (Å²) in [6.45, 7) is 0. The quantitative estimate of drug-likeness (QED) is 0.861. The molecule has 1 aliphatic heterocycles. The normalized spacial score (nSPS) is 20.2. The van der Waals surface area contributed by atoms with Crippen LogP contribution in [0.15, 0.2) is 42.7 Å². The summed E-state index contributed by atoms with van der Waals surface area (Å²) in [7, 11) is 1.85. The fourth-order valence-corrected chi connectivity index (χ4v) is 3.02. The molecule has 2 atom stereocenters. The SMILES string of the molecule is Cn1ccnc1[C@@H]1NC(=O)CC[C@H]1NC(=O)CC=Cc1ccc(F)cc1. The number of rotatable bonds is 5. The Morgan fingerprint density at radius 2 is 2.19 bits per heavy atom. The molecule has 2 N–H and O–H groups in total. The molecule has 1 aliphatic rings. The third kappa shape index (κ3) is 4.36. The first-order chi connectivity index (χ1) is 12.5. The van der Waals surface area contributed by atoms with Crippen LogP contribution in [0.25, 0.3) is 6.08 Å². The lowest BCUT2D eigenvalue weighted by Crippen LogP contribution is -2.50. The zero-order valence-corrected chi connectivity index (χ0v) is 14.5. The monoisotopic (exact) mass is 356 g/mol. The number of aryl methyl sites for hydroxylation is 1. The summed E-state index contributed by atoms with van der Waals surface area (Å²) in [6.07, 6.45) is 8.13. The molecule has 0 aliphatic carbocycles. The van der Waals surface area contributed by atoms with Gasteiger partial charge in [0.05, 0.1) is 6.04 Å². The van der Waals surface area contributed by atoms with Crippen molar-refractivity contribution in [1.29, 1.82) is 0 Å². The highest BCUT2D eigenvalue weighted by molar-refractivity contribution is 5.80. The average molecular weight is 356 g/mol. The molecule has 2 amide bonds. The second-order valence-electron chi connectivity index (χ2n) is 6.31. The lowest BCUT2D eigenvalue weighted by Gasteiger charge is -2.32. The van der Waals surface area contributed by atoms with Gasteiger partial charge in [0.2, 0.25) is 11.8 Å². The number of piperidine rings is 1. The number of hydrogen-bond acceptors (Lipinski definition) is 3. The van der Waals surface area contributed by atoms with E-state index >= 15 is 0 Å². The van der Waals surface area contributed by atoms with Crippen molar-refractivity contribution in [1.82, 2.24) is 20.2 Å². The Kier molecular flexibility index (Phi) is 5.46. The predicted molar refractivity (Wildman–Crippen MR) is 95.3 cm³/mol. The molecule has 0 spiro atoms. The number of amides is 2. The van der Waals surface area contributed by atoms with E-state index in [2.05, 4.69) is 15.6 Å². The fraction of sp³-hybridized carbons (Fsp3) is 0.316. The van der Waals surface area contributed by atoms with E-state index in [-0.39, 0.29) is 36.1 Å². The van der Waals surface area contributed by atoms with E-state index in [1.54, 1.807) is 36.7 Å². The van der Waals surface area contributed by atoms with Gasteiger partial charge >= 0.3 is 0 Å². The molecule has 2 aromatic rings. The molecule has 0 bridgehead atoms. The second kappa shape index (κ2) is 7.95. The van der Waals surface area contributed by atoms with E-state index in [0.717, 1.165) is 5.56 Å². The Labute approximate surface area is 151 Å². The number of nitrogens with zero attached hydrogens (tertiary/aromatic N) is 2. The van der Waals surface area contributed by atoms with Gasteiger partial charge in [0.25, 0.3) is 0 Å². The van der Waals surface area contributed by atoms with Gasteiger partial charge in [0.15, 0.2) is 0 Å². The zero-order valence-electron chi connectivity index (χ0n) is 14.5. The van der Waals surface area contributed by atoms with Crippen molar-refractivity contribution in [3.05, 3.63) is 59.9 Å². The number of carbonyl (C=O) groups excluding carboxylic acids is 2. The molecule has 3 rings (SSSR count). The minimum atomic E-state index is -0.346. The standard InChI is InChI=1S/C19H21FN4O2/c1-24-12-11-21-19(24)18-15(9-10-17(26)23-18)22-16(25)4-2-3-13-5-7-14(20)8-6-13/h2-3,5-8,11-12,15,18H,4,9-10H2,1H3,(H,22,25)(H,23,26)/t15-,18-/m1/s1. The number of imidazole rings is 1. The lowest BCUT2D eigenvalue weighted by atomic mass is 9.97. The Bertz CT molecular complexity index is 813. The zero-order chi connectivity index (χ0) is 18.5. The topological polar surface area (TPSA) is 76.0 Å². The van der Waals surface area contributed by atoms with Crippen LogP contribution in [-0.2, 0) is 16.6 Å². The van der Waals surface area contributed by atoms with Gasteiger partial charge < -0.3 is 15.2 Å². The van der Waals surface area contributed by atoms with Crippen molar-refractivity contribution in [3.63, 3.8) is 0 Å². The molecular weight excluding hydrogens is 335 g/mol. The number of carbonyl (C=O) groups is 2. The summed E-state index contributed by atoms with van der Waals surface area (Å²) < 4.78 is 14.7. The lowest BCUT2D eigenvalue weighted by molar-refractivity contribution is -0.126. The number of nitrogens with one attached hydrogen (secondary N) is 2. The van der Waals surface area contributed by atoms with E-state index in [1.807, 2.05) is 11.6 Å². The Morgan fingerprint density at radius 1 is 1.42 bits per heavy atom. The van der Waals surface area contributed by atoms with Gasteiger partial charge in [-0.25, -0.2) is 9.37 Å². The number of benzene rings is 1. The van der Waals surface area contributed by atoms with E-state index in [9.17, 15) is 14.0 Å². The first kappa shape index (κ1) is 17.8. The third-order valence-electron chi connectivity index (χ3n) is 4.37. The van der Waals surface area contributed by atoms with Gasteiger partial charge in [-0.05, 0) is 24.1 Å². The van der Waals surface area contributed by atoms with Crippen LogP contribution in [-0.4, -0.2) is 27.4 Å². The first-order valence-corrected chi connectivity index (χ1v) is 8.51. The van der Waals surface area contributed by atoms with Crippen molar-refractivity contribution >= 4 is 17.9 Å². The molecule has 1 saturated heterocycles. The van der Waals surface area contributed by atoms with Crippen LogP contribution < -0.4 is 10.6 Å². The first-order valence-electron chi connectivity index (χ1n) is 8.51. The van der Waals surface area contributed by atoms with Gasteiger partial charge in [-0.3, -0.25) is 9.59 Å². The van der Waals surface area contributed by atoms with Crippen LogP contribution in [0.4, 0.5) is 4.39 Å². The smallest absolute Gasteiger partial charge is 0.224 e. The summed E-state index contributed by atoms with van der Waals surface area (Å²) in [5, 5.41) is 5.89. The average Bonchev–Trinajstić information content (AvgIpc) is 3.04. The van der Waals surface area contributed by atoms with E-state index < -0.39 is 0 Å². The molecule has 0 saturated carbocycles. The van der Waals surface area contributed by atoms with Crippen molar-refractivity contribution in [2.45, 2.75) is 31.3 Å². The van der Waals surface area contributed by atoms with Gasteiger partial charge in [0, 0.05) is 32.3 Å². The molecule has 1 aromatic heterocycles. The molecule has 1 fully saturated rings. The Balaban J connectivity index is 1.60.